The Morgan fingerprint density at radius 1 is 0.689 bits per heavy atom. The molecule has 0 amide bonds. The zero-order valence-electron chi connectivity index (χ0n) is 32.4. The van der Waals surface area contributed by atoms with E-state index in [1.807, 2.05) is 0 Å². The van der Waals surface area contributed by atoms with Gasteiger partial charge in [0, 0.05) is 37.9 Å². The van der Waals surface area contributed by atoms with Crippen LogP contribution in [0.15, 0.2) is 36.9 Å². The Morgan fingerprint density at radius 2 is 1.13 bits per heavy atom. The summed E-state index contributed by atoms with van der Waals surface area (Å²) >= 11 is 6.25. The highest BCUT2D eigenvalue weighted by Gasteiger charge is 2.39. The minimum absolute atomic E-state index is 0.0225. The number of aromatic nitrogens is 8. The molecule has 0 saturated heterocycles. The number of ether oxygens (including phenoxy) is 2. The summed E-state index contributed by atoms with van der Waals surface area (Å²) in [6, 6.07) is -1.17. The highest BCUT2D eigenvalue weighted by atomic mass is 35.5. The van der Waals surface area contributed by atoms with E-state index in [0.717, 1.165) is 59.8 Å². The molecule has 0 aliphatic heterocycles. The Balaban J connectivity index is 1.28. The largest absolute Gasteiger partial charge is 0.493 e. The van der Waals surface area contributed by atoms with Gasteiger partial charge in [-0.25, -0.2) is 17.6 Å². The molecule has 328 valence electrons. The van der Waals surface area contributed by atoms with E-state index in [-0.39, 0.29) is 55.1 Å². The van der Waals surface area contributed by atoms with E-state index in [1.165, 1.54) is 11.9 Å². The van der Waals surface area contributed by atoms with Crippen molar-refractivity contribution in [2.75, 3.05) is 55.9 Å². The fraction of sp³-hybridized carbons (Fsp3) is 0.389. The Bertz CT molecular complexity index is 2470. The maximum atomic E-state index is 16.0. The molecular weight excluding hydrogens is 858 g/mol. The molecule has 61 heavy (non-hydrogen) atoms. The Kier molecular flexibility index (Phi) is 13.2. The zero-order chi connectivity index (χ0) is 44.4. The number of hydrogen-bond donors (Lipinski definition) is 3. The number of anilines is 3. The van der Waals surface area contributed by atoms with Gasteiger partial charge < -0.3 is 30.3 Å². The topological polar surface area (TPSA) is 144 Å². The van der Waals surface area contributed by atoms with Crippen LogP contribution in [0.4, 0.5) is 61.4 Å². The molecule has 0 spiro atoms. The van der Waals surface area contributed by atoms with Crippen LogP contribution < -0.4 is 30.3 Å². The summed E-state index contributed by atoms with van der Waals surface area (Å²) in [6.07, 6.45) is -7.12. The Labute approximate surface area is 344 Å². The number of halogens is 11. The summed E-state index contributed by atoms with van der Waals surface area (Å²) in [5.74, 6) is -7.20. The zero-order valence-corrected chi connectivity index (χ0v) is 33.1. The van der Waals surface area contributed by atoms with Gasteiger partial charge in [-0.1, -0.05) is 11.6 Å². The predicted molar refractivity (Wildman–Crippen MR) is 203 cm³/mol. The van der Waals surface area contributed by atoms with Gasteiger partial charge in [-0.15, -0.1) is 0 Å². The van der Waals surface area contributed by atoms with E-state index in [2.05, 4.69) is 46.1 Å². The monoisotopic (exact) mass is 892 g/mol. The SMILES string of the molecule is CNCCCOc1cc(F)c(-c2c(N(C)CCCOc3cc(F)c(-c4c(Cl)nc5ncnn5c4NC(C)C(F)(F)F)c(F)c3)nc3ncnn3c2NC(C)C(F)(F)F)c(F)c1. The van der Waals surface area contributed by atoms with Gasteiger partial charge in [0.25, 0.3) is 11.6 Å². The first-order chi connectivity index (χ1) is 28.8. The van der Waals surface area contributed by atoms with Crippen molar-refractivity contribution in [2.24, 2.45) is 0 Å². The first-order valence-corrected chi connectivity index (χ1v) is 18.6. The highest BCUT2D eigenvalue weighted by Crippen LogP contribution is 2.43. The van der Waals surface area contributed by atoms with Crippen LogP contribution >= 0.6 is 11.6 Å². The summed E-state index contributed by atoms with van der Waals surface area (Å²) in [5, 5.41) is 14.5. The van der Waals surface area contributed by atoms with Gasteiger partial charge in [-0.2, -0.15) is 65.5 Å². The molecule has 0 saturated carbocycles. The smallest absolute Gasteiger partial charge is 0.408 e. The van der Waals surface area contributed by atoms with Crippen molar-refractivity contribution in [1.82, 2.24) is 44.5 Å². The molecule has 6 aromatic rings. The maximum Gasteiger partial charge on any atom is 0.408 e. The fourth-order valence-corrected chi connectivity index (χ4v) is 6.26. The van der Waals surface area contributed by atoms with E-state index in [9.17, 15) is 26.3 Å². The molecule has 0 fully saturated rings. The van der Waals surface area contributed by atoms with E-state index in [1.54, 1.807) is 7.05 Å². The van der Waals surface area contributed by atoms with Gasteiger partial charge in [-0.3, -0.25) is 0 Å². The third kappa shape index (κ3) is 9.69. The van der Waals surface area contributed by atoms with Crippen LogP contribution in [0.3, 0.4) is 0 Å². The molecule has 0 radical (unpaired) electrons. The second-order valence-corrected chi connectivity index (χ2v) is 13.9. The normalized spacial score (nSPS) is 13.2. The maximum absolute atomic E-state index is 16.0. The first-order valence-electron chi connectivity index (χ1n) is 18.2. The molecule has 0 aliphatic carbocycles. The van der Waals surface area contributed by atoms with Crippen molar-refractivity contribution < 1.29 is 53.4 Å². The molecule has 0 aliphatic rings. The second kappa shape index (κ2) is 18.0. The quantitative estimate of drug-likeness (QED) is 0.0469. The molecule has 3 N–H and O–H groups in total. The lowest BCUT2D eigenvalue weighted by Crippen LogP contribution is -2.34. The van der Waals surface area contributed by atoms with Crippen LogP contribution in [0, 0.1) is 23.3 Å². The van der Waals surface area contributed by atoms with Crippen LogP contribution in [0.5, 0.6) is 11.5 Å². The van der Waals surface area contributed by atoms with Crippen molar-refractivity contribution in [2.45, 2.75) is 51.1 Å². The molecule has 14 nitrogen and oxygen atoms in total. The molecule has 2 unspecified atom stereocenters. The van der Waals surface area contributed by atoms with Crippen molar-refractivity contribution in [3.8, 4) is 33.8 Å². The van der Waals surface area contributed by atoms with Gasteiger partial charge in [-0.05, 0) is 40.3 Å². The summed E-state index contributed by atoms with van der Waals surface area (Å²) in [4.78, 5) is 17.4. The number of alkyl halides is 6. The summed E-state index contributed by atoms with van der Waals surface area (Å²) in [5.41, 5.74) is -2.62. The fourth-order valence-electron chi connectivity index (χ4n) is 6.00. The molecule has 6 rings (SSSR count). The lowest BCUT2D eigenvalue weighted by atomic mass is 10.0. The highest BCUT2D eigenvalue weighted by molar-refractivity contribution is 6.33. The Morgan fingerprint density at radius 3 is 1.61 bits per heavy atom. The molecule has 4 aromatic heterocycles. The van der Waals surface area contributed by atoms with Gasteiger partial charge >= 0.3 is 12.4 Å². The molecular formula is C36H35ClF10N12O2. The van der Waals surface area contributed by atoms with Crippen LogP contribution in [0.25, 0.3) is 33.8 Å². The van der Waals surface area contributed by atoms with Crippen LogP contribution in [-0.2, 0) is 0 Å². The van der Waals surface area contributed by atoms with E-state index >= 15 is 17.6 Å². The summed E-state index contributed by atoms with van der Waals surface area (Å²) in [7, 11) is 3.14. The van der Waals surface area contributed by atoms with Crippen LogP contribution in [-0.4, -0.2) is 104 Å². The van der Waals surface area contributed by atoms with Crippen LogP contribution in [0.2, 0.25) is 5.15 Å². The number of rotatable bonds is 17. The minimum atomic E-state index is -4.81. The van der Waals surface area contributed by atoms with Gasteiger partial charge in [0.1, 0.15) is 82.1 Å². The predicted octanol–water partition coefficient (Wildman–Crippen LogP) is 7.72. The Hall–Kier alpha value is -5.91. The van der Waals surface area contributed by atoms with Crippen LogP contribution in [0.1, 0.15) is 26.7 Å². The molecule has 2 atom stereocenters. The van der Waals surface area contributed by atoms with Gasteiger partial charge in [0.05, 0.1) is 35.5 Å². The molecule has 4 heterocycles. The van der Waals surface area contributed by atoms with Gasteiger partial charge in [0.15, 0.2) is 0 Å². The third-order valence-corrected chi connectivity index (χ3v) is 9.39. The summed E-state index contributed by atoms with van der Waals surface area (Å²) < 4.78 is 158. The van der Waals surface area contributed by atoms with E-state index < -0.39 is 86.7 Å². The second-order valence-electron chi connectivity index (χ2n) is 13.5. The number of nitrogens with one attached hydrogen (secondary N) is 3. The number of hydrogen-bond acceptors (Lipinski definition) is 12. The van der Waals surface area contributed by atoms with E-state index in [0.29, 0.717) is 13.0 Å². The van der Waals surface area contributed by atoms with E-state index in [4.69, 9.17) is 21.1 Å². The third-order valence-electron chi connectivity index (χ3n) is 9.12. The molecule has 2 aromatic carbocycles. The van der Waals surface area contributed by atoms with Crippen molar-refractivity contribution >= 4 is 40.6 Å². The van der Waals surface area contributed by atoms with Crippen molar-refractivity contribution in [3.63, 3.8) is 0 Å². The molecule has 0 bridgehead atoms. The first kappa shape index (κ1) is 44.6. The number of fused-ring (bicyclic) bond motifs is 2. The average Bonchev–Trinajstić information content (AvgIpc) is 3.85. The standard InChI is InChI=1S/C36H35ClF10N12O2/c1-17(35(42,43)44)53-31-27(29(37)55-33-49-15-51-58(31)33)25-21(38)11-20(12-22(25)39)61-10-6-8-57(4)30-28(26-23(40)13-19(14-24(26)41)60-9-5-7-48-3)32(54-18(2)36(45,46)47)59-34(56-30)50-16-52-59/h11-18,48,53-54H,5-10H2,1-4H3. The van der Waals surface area contributed by atoms with Crippen molar-refractivity contribution in [1.29, 1.82) is 0 Å². The molecule has 25 heteroatoms. The number of benzene rings is 2. The van der Waals surface area contributed by atoms with Crippen molar-refractivity contribution in [3.05, 3.63) is 65.3 Å². The lowest BCUT2D eigenvalue weighted by Gasteiger charge is -2.26. The summed E-state index contributed by atoms with van der Waals surface area (Å²) in [6.45, 7) is 1.91. The minimum Gasteiger partial charge on any atom is -0.493 e. The number of nitrogens with zero attached hydrogens (tertiary/aromatic N) is 9. The van der Waals surface area contributed by atoms with Gasteiger partial charge in [0.2, 0.25) is 0 Å². The average molecular weight is 893 g/mol. The lowest BCUT2D eigenvalue weighted by molar-refractivity contribution is -0.139.